The molecule has 0 radical (unpaired) electrons. The second-order valence-electron chi connectivity index (χ2n) is 4.59. The van der Waals surface area contributed by atoms with E-state index in [1.54, 1.807) is 19.0 Å². The van der Waals surface area contributed by atoms with Gasteiger partial charge in [0, 0.05) is 18.6 Å². The van der Waals surface area contributed by atoms with E-state index in [9.17, 15) is 4.79 Å². The maximum Gasteiger partial charge on any atom is 0.226 e. The molecule has 1 aliphatic rings. The van der Waals surface area contributed by atoms with Crippen LogP contribution in [0, 0.1) is 0 Å². The average molecular weight is 424 g/mol. The minimum atomic E-state index is 0.147. The van der Waals surface area contributed by atoms with Crippen molar-refractivity contribution in [2.45, 2.75) is 25.2 Å². The zero-order valence-electron chi connectivity index (χ0n) is 11.0. The summed E-state index contributed by atoms with van der Waals surface area (Å²) in [5.74, 6) is 0.884. The number of amides is 1. The number of carbonyl (C=O) groups is 1. The van der Waals surface area contributed by atoms with Crippen LogP contribution in [0.1, 0.15) is 29.9 Å². The Morgan fingerprint density at radius 3 is 2.50 bits per heavy atom. The van der Waals surface area contributed by atoms with Crippen LogP contribution in [0.25, 0.3) is 0 Å². The van der Waals surface area contributed by atoms with E-state index in [1.807, 2.05) is 4.93 Å². The van der Waals surface area contributed by atoms with E-state index < -0.39 is 0 Å². The van der Waals surface area contributed by atoms with Gasteiger partial charge in [0.1, 0.15) is 0 Å². The minimum Gasteiger partial charge on any atom is -0.349 e. The van der Waals surface area contributed by atoms with Crippen molar-refractivity contribution in [2.75, 3.05) is 19.0 Å². The van der Waals surface area contributed by atoms with E-state index in [4.69, 9.17) is 0 Å². The van der Waals surface area contributed by atoms with Crippen LogP contribution in [0.3, 0.4) is 0 Å². The average Bonchev–Trinajstić information content (AvgIpc) is 3.18. The summed E-state index contributed by atoms with van der Waals surface area (Å²) < 4.78 is 1.03. The van der Waals surface area contributed by atoms with Crippen molar-refractivity contribution in [1.29, 1.82) is 0 Å². The maximum absolute atomic E-state index is 11.7. The molecule has 0 bridgehead atoms. The Morgan fingerprint density at radius 1 is 1.39 bits per heavy atom. The van der Waals surface area contributed by atoms with Crippen LogP contribution in [-0.4, -0.2) is 29.8 Å². The molecule has 18 heavy (non-hydrogen) atoms. The van der Waals surface area contributed by atoms with E-state index in [2.05, 4.69) is 56.7 Å². The van der Waals surface area contributed by atoms with Gasteiger partial charge in [0.15, 0.2) is 0 Å². The van der Waals surface area contributed by atoms with Crippen LogP contribution in [0.4, 0.5) is 0 Å². The quantitative estimate of drug-likeness (QED) is 0.531. The monoisotopic (exact) mass is 423 g/mol. The summed E-state index contributed by atoms with van der Waals surface area (Å²) in [6.45, 7) is 0. The Balaban J connectivity index is 0.000000771. The predicted molar refractivity (Wildman–Crippen MR) is 88.5 cm³/mol. The predicted octanol–water partition coefficient (Wildman–Crippen LogP) is 4.01. The Labute approximate surface area is 131 Å². The van der Waals surface area contributed by atoms with Crippen LogP contribution in [-0.2, 0) is 11.2 Å². The molecule has 1 aliphatic carbocycles. The molecule has 0 atom stereocenters. The standard InChI is InChI=1S/C13H16BrNO.CH3I/c1-15(2)13(16)8-11-7-10(9-3-4-9)5-6-12(11)14;1-2/h5-7,9H,3-4,8H2,1-2H3;1H3. The maximum atomic E-state index is 11.7. The molecular formula is C14H19BrINO. The van der Waals surface area contributed by atoms with E-state index in [-0.39, 0.29) is 5.91 Å². The first-order chi connectivity index (χ1) is 8.58. The van der Waals surface area contributed by atoms with Crippen molar-refractivity contribution >= 4 is 44.4 Å². The van der Waals surface area contributed by atoms with Crippen molar-refractivity contribution in [3.63, 3.8) is 0 Å². The van der Waals surface area contributed by atoms with Gasteiger partial charge in [0.25, 0.3) is 0 Å². The van der Waals surface area contributed by atoms with Gasteiger partial charge in [-0.25, -0.2) is 0 Å². The van der Waals surface area contributed by atoms with Crippen molar-refractivity contribution in [3.05, 3.63) is 33.8 Å². The second kappa shape index (κ2) is 7.48. The van der Waals surface area contributed by atoms with Crippen molar-refractivity contribution < 1.29 is 4.79 Å². The van der Waals surface area contributed by atoms with E-state index in [0.29, 0.717) is 6.42 Å². The molecule has 1 aromatic rings. The van der Waals surface area contributed by atoms with Gasteiger partial charge in [-0.1, -0.05) is 50.7 Å². The fraction of sp³-hybridized carbons (Fsp3) is 0.500. The Hall–Kier alpha value is -0.100. The lowest BCUT2D eigenvalue weighted by atomic mass is 10.0. The third-order valence-corrected chi connectivity index (χ3v) is 3.73. The lowest BCUT2D eigenvalue weighted by molar-refractivity contribution is -0.127. The molecule has 1 fully saturated rings. The van der Waals surface area contributed by atoms with Crippen LogP contribution < -0.4 is 0 Å². The van der Waals surface area contributed by atoms with Gasteiger partial charge in [-0.15, -0.1) is 0 Å². The fourth-order valence-electron chi connectivity index (χ4n) is 1.72. The van der Waals surface area contributed by atoms with Gasteiger partial charge in [-0.2, -0.15) is 0 Å². The summed E-state index contributed by atoms with van der Waals surface area (Å²) >= 11 is 5.66. The third-order valence-electron chi connectivity index (χ3n) is 2.96. The van der Waals surface area contributed by atoms with Gasteiger partial charge in [-0.3, -0.25) is 4.79 Å². The summed E-state index contributed by atoms with van der Waals surface area (Å²) in [5, 5.41) is 0. The number of hydrogen-bond acceptors (Lipinski definition) is 1. The molecule has 1 amide bonds. The number of alkyl halides is 1. The van der Waals surface area contributed by atoms with Crippen molar-refractivity contribution in [3.8, 4) is 0 Å². The molecule has 0 heterocycles. The number of nitrogens with zero attached hydrogens (tertiary/aromatic N) is 1. The minimum absolute atomic E-state index is 0.147. The van der Waals surface area contributed by atoms with E-state index in [0.717, 1.165) is 16.0 Å². The Kier molecular flexibility index (Phi) is 6.63. The van der Waals surface area contributed by atoms with Crippen molar-refractivity contribution in [2.24, 2.45) is 0 Å². The summed E-state index contributed by atoms with van der Waals surface area (Å²) in [6, 6.07) is 6.39. The van der Waals surface area contributed by atoms with Gasteiger partial charge >= 0.3 is 0 Å². The molecule has 0 spiro atoms. The van der Waals surface area contributed by atoms with Crippen molar-refractivity contribution in [1.82, 2.24) is 4.90 Å². The highest BCUT2D eigenvalue weighted by molar-refractivity contribution is 14.1. The first-order valence-electron chi connectivity index (χ1n) is 5.94. The molecule has 4 heteroatoms. The van der Waals surface area contributed by atoms with Crippen LogP contribution >= 0.6 is 38.5 Å². The number of halogens is 2. The molecule has 0 saturated heterocycles. The molecule has 0 aromatic heterocycles. The molecular weight excluding hydrogens is 405 g/mol. The summed E-state index contributed by atoms with van der Waals surface area (Å²) in [6.07, 6.45) is 3.07. The smallest absolute Gasteiger partial charge is 0.226 e. The van der Waals surface area contributed by atoms with Crippen LogP contribution in [0.15, 0.2) is 22.7 Å². The molecule has 2 nitrogen and oxygen atoms in total. The Morgan fingerprint density at radius 2 is 2.00 bits per heavy atom. The molecule has 1 saturated carbocycles. The zero-order valence-corrected chi connectivity index (χ0v) is 14.8. The van der Waals surface area contributed by atoms with Gasteiger partial charge < -0.3 is 4.90 Å². The highest BCUT2D eigenvalue weighted by Crippen LogP contribution is 2.41. The largest absolute Gasteiger partial charge is 0.349 e. The fourth-order valence-corrected chi connectivity index (χ4v) is 2.11. The number of rotatable bonds is 3. The van der Waals surface area contributed by atoms with Gasteiger partial charge in [0.2, 0.25) is 5.91 Å². The highest BCUT2D eigenvalue weighted by atomic mass is 127. The van der Waals surface area contributed by atoms with Crippen LogP contribution in [0.2, 0.25) is 0 Å². The normalized spacial score (nSPS) is 13.6. The third kappa shape index (κ3) is 4.53. The summed E-state index contributed by atoms with van der Waals surface area (Å²) in [7, 11) is 3.59. The molecule has 1 aromatic carbocycles. The highest BCUT2D eigenvalue weighted by Gasteiger charge is 2.24. The number of likely N-dealkylation sites (N-methyl/N-ethyl adjacent to an activating group) is 1. The van der Waals surface area contributed by atoms with E-state index >= 15 is 0 Å². The number of hydrogen-bond donors (Lipinski definition) is 0. The molecule has 0 aliphatic heterocycles. The van der Waals surface area contributed by atoms with Gasteiger partial charge in [0.05, 0.1) is 6.42 Å². The number of benzene rings is 1. The number of carbonyl (C=O) groups excluding carboxylic acids is 1. The van der Waals surface area contributed by atoms with Crippen LogP contribution in [0.5, 0.6) is 0 Å². The van der Waals surface area contributed by atoms with Gasteiger partial charge in [-0.05, 0) is 40.9 Å². The lowest BCUT2D eigenvalue weighted by Crippen LogP contribution is -2.23. The van der Waals surface area contributed by atoms with E-state index in [1.165, 1.54) is 18.4 Å². The Bertz CT molecular complexity index is 416. The zero-order chi connectivity index (χ0) is 13.7. The second-order valence-corrected chi connectivity index (χ2v) is 5.44. The summed E-state index contributed by atoms with van der Waals surface area (Å²) in [5.41, 5.74) is 2.48. The molecule has 0 unspecified atom stereocenters. The molecule has 0 N–H and O–H groups in total. The SMILES string of the molecule is CI.CN(C)C(=O)Cc1cc(C2CC2)ccc1Br. The molecule has 100 valence electrons. The topological polar surface area (TPSA) is 20.3 Å². The first kappa shape index (κ1) is 16.0. The first-order valence-corrected chi connectivity index (χ1v) is 8.89. The summed E-state index contributed by atoms with van der Waals surface area (Å²) in [4.78, 5) is 15.3. The molecule has 2 rings (SSSR count). The lowest BCUT2D eigenvalue weighted by Gasteiger charge is -2.12.